The van der Waals surface area contributed by atoms with Gasteiger partial charge in [-0.05, 0) is 47.5 Å². The second-order valence-corrected chi connectivity index (χ2v) is 6.19. The summed E-state index contributed by atoms with van der Waals surface area (Å²) in [6, 6.07) is 0. The fourth-order valence-corrected chi connectivity index (χ4v) is 1.59. The van der Waals surface area contributed by atoms with Crippen molar-refractivity contribution in [3.8, 4) is 0 Å². The Bertz CT molecular complexity index is 271. The summed E-state index contributed by atoms with van der Waals surface area (Å²) in [4.78, 5) is 11.7. The first kappa shape index (κ1) is 18.5. The van der Waals surface area contributed by atoms with Crippen molar-refractivity contribution in [3.63, 3.8) is 0 Å². The van der Waals surface area contributed by atoms with E-state index in [1.54, 1.807) is 13.8 Å². The molecular weight excluding hydrogens is 243 g/mol. The monoisotopic (exact) mass is 271 g/mol. The molecule has 0 aromatic carbocycles. The molecule has 1 N–H and O–H groups in total. The second kappa shape index (κ2) is 7.90. The van der Waals surface area contributed by atoms with Crippen LogP contribution in [0.2, 0.25) is 0 Å². The lowest BCUT2D eigenvalue weighted by molar-refractivity contribution is -0.00775. The summed E-state index contributed by atoms with van der Waals surface area (Å²) in [7, 11) is 1.45. The molecule has 0 aromatic rings. The normalized spacial score (nSPS) is 14.1. The van der Waals surface area contributed by atoms with Crippen LogP contribution >= 0.6 is 0 Å². The molecule has 0 heterocycles. The molecule has 0 aliphatic heterocycles. The topological polar surface area (TPSA) is 55.8 Å². The summed E-state index contributed by atoms with van der Waals surface area (Å²) >= 11 is 0. The minimum absolute atomic E-state index is 0.0686. The maximum atomic E-state index is 11.7. The Morgan fingerprint density at radius 1 is 1.32 bits per heavy atom. The highest BCUT2D eigenvalue weighted by atomic mass is 16.5. The molecule has 0 aliphatic rings. The average molecular weight is 271 g/mol. The lowest BCUT2D eigenvalue weighted by Gasteiger charge is -2.26. The standard InChI is InChI=1S/C14H28BO4/c1-7-8-11(2)19-12(16)15-14(5,6)18-10-9-13(3,4)17/h11,17H,7-10H2,1-6H3. The molecular formula is C14H28BO4. The molecule has 5 heteroatoms. The van der Waals surface area contributed by atoms with Crippen molar-refractivity contribution >= 4 is 13.1 Å². The van der Waals surface area contributed by atoms with Crippen LogP contribution in [0.4, 0.5) is 4.79 Å². The van der Waals surface area contributed by atoms with E-state index in [9.17, 15) is 9.90 Å². The zero-order valence-electron chi connectivity index (χ0n) is 13.2. The molecule has 0 saturated carbocycles. The van der Waals surface area contributed by atoms with E-state index in [2.05, 4.69) is 6.92 Å². The molecule has 111 valence electrons. The van der Waals surface area contributed by atoms with Crippen molar-refractivity contribution in [3.05, 3.63) is 0 Å². The van der Waals surface area contributed by atoms with E-state index < -0.39 is 11.1 Å². The van der Waals surface area contributed by atoms with E-state index in [1.807, 2.05) is 20.8 Å². The summed E-state index contributed by atoms with van der Waals surface area (Å²) in [5, 5.41) is 9.59. The fourth-order valence-electron chi connectivity index (χ4n) is 1.59. The number of carbonyl (C=O) groups excluding carboxylic acids is 1. The third-order valence-electron chi connectivity index (χ3n) is 2.67. The third kappa shape index (κ3) is 11.0. The van der Waals surface area contributed by atoms with Crippen molar-refractivity contribution in [1.82, 2.24) is 0 Å². The van der Waals surface area contributed by atoms with E-state index in [0.717, 1.165) is 12.8 Å². The maximum absolute atomic E-state index is 11.7. The molecule has 4 nitrogen and oxygen atoms in total. The number of hydrogen-bond acceptors (Lipinski definition) is 4. The van der Waals surface area contributed by atoms with Crippen LogP contribution in [0.3, 0.4) is 0 Å². The van der Waals surface area contributed by atoms with Gasteiger partial charge in [-0.1, -0.05) is 13.3 Å². The number of aliphatic hydroxyl groups is 1. The highest BCUT2D eigenvalue weighted by Crippen LogP contribution is 2.14. The molecule has 0 bridgehead atoms. The largest absolute Gasteiger partial charge is 0.471 e. The van der Waals surface area contributed by atoms with Crippen molar-refractivity contribution in [2.45, 2.75) is 78.0 Å². The number of rotatable bonds is 9. The molecule has 0 amide bonds. The van der Waals surface area contributed by atoms with Gasteiger partial charge in [0, 0.05) is 12.1 Å². The van der Waals surface area contributed by atoms with Crippen LogP contribution in [0, 0.1) is 0 Å². The molecule has 0 saturated heterocycles. The minimum Gasteiger partial charge on any atom is -0.471 e. The van der Waals surface area contributed by atoms with Crippen LogP contribution in [-0.4, -0.2) is 42.1 Å². The Kier molecular flexibility index (Phi) is 7.68. The summed E-state index contributed by atoms with van der Waals surface area (Å²) in [5.41, 5.74) is -1.44. The van der Waals surface area contributed by atoms with Gasteiger partial charge >= 0.3 is 7.28 Å². The first-order valence-corrected chi connectivity index (χ1v) is 6.98. The summed E-state index contributed by atoms with van der Waals surface area (Å²) < 4.78 is 10.9. The predicted molar refractivity (Wildman–Crippen MR) is 77.6 cm³/mol. The molecule has 0 rings (SSSR count). The summed E-state index contributed by atoms with van der Waals surface area (Å²) in [6.07, 6.45) is 2.30. The van der Waals surface area contributed by atoms with E-state index in [4.69, 9.17) is 9.47 Å². The van der Waals surface area contributed by atoms with Crippen LogP contribution in [-0.2, 0) is 9.47 Å². The smallest absolute Gasteiger partial charge is 0.300 e. The first-order valence-electron chi connectivity index (χ1n) is 6.98. The maximum Gasteiger partial charge on any atom is 0.300 e. The molecule has 0 fully saturated rings. The van der Waals surface area contributed by atoms with Crippen LogP contribution in [0.15, 0.2) is 0 Å². The average Bonchev–Trinajstić information content (AvgIpc) is 2.13. The number of carbonyl (C=O) groups is 1. The predicted octanol–water partition coefficient (Wildman–Crippen LogP) is 2.93. The SMILES string of the molecule is CCCC(C)OC(=O)[B]C(C)(C)OCCC(C)(C)O. The van der Waals surface area contributed by atoms with Crippen LogP contribution in [0.25, 0.3) is 0 Å². The molecule has 1 unspecified atom stereocenters. The quantitative estimate of drug-likeness (QED) is 0.655. The van der Waals surface area contributed by atoms with E-state index in [1.165, 1.54) is 7.28 Å². The molecule has 19 heavy (non-hydrogen) atoms. The highest BCUT2D eigenvalue weighted by Gasteiger charge is 2.28. The second-order valence-electron chi connectivity index (χ2n) is 6.19. The Balaban J connectivity index is 4.03. The Morgan fingerprint density at radius 3 is 2.37 bits per heavy atom. The Hall–Kier alpha value is -0.545. The molecule has 1 radical (unpaired) electrons. The van der Waals surface area contributed by atoms with Gasteiger partial charge in [-0.15, -0.1) is 0 Å². The van der Waals surface area contributed by atoms with E-state index in [0.29, 0.717) is 13.0 Å². The van der Waals surface area contributed by atoms with Gasteiger partial charge in [0.25, 0.3) is 0 Å². The zero-order valence-corrected chi connectivity index (χ0v) is 13.2. The van der Waals surface area contributed by atoms with Gasteiger partial charge in [0.2, 0.25) is 5.87 Å². The van der Waals surface area contributed by atoms with Gasteiger partial charge in [0.05, 0.1) is 11.7 Å². The van der Waals surface area contributed by atoms with Crippen molar-refractivity contribution in [1.29, 1.82) is 0 Å². The summed E-state index contributed by atoms with van der Waals surface area (Å²) in [5.74, 6) is -0.353. The van der Waals surface area contributed by atoms with Crippen LogP contribution in [0.5, 0.6) is 0 Å². The number of hydrogen-bond donors (Lipinski definition) is 1. The van der Waals surface area contributed by atoms with Crippen LogP contribution in [0.1, 0.15) is 60.8 Å². The molecule has 1 atom stereocenters. The van der Waals surface area contributed by atoms with Gasteiger partial charge in [0.15, 0.2) is 0 Å². The van der Waals surface area contributed by atoms with E-state index >= 15 is 0 Å². The first-order chi connectivity index (χ1) is 8.56. The Labute approximate surface area is 118 Å². The number of ether oxygens (including phenoxy) is 2. The van der Waals surface area contributed by atoms with Crippen LogP contribution < -0.4 is 0 Å². The van der Waals surface area contributed by atoms with Gasteiger partial charge in [0.1, 0.15) is 0 Å². The fraction of sp³-hybridized carbons (Fsp3) is 0.929. The highest BCUT2D eigenvalue weighted by molar-refractivity contribution is 6.74. The lowest BCUT2D eigenvalue weighted by Crippen LogP contribution is -2.39. The van der Waals surface area contributed by atoms with Crippen molar-refractivity contribution in [2.24, 2.45) is 0 Å². The minimum atomic E-state index is -0.758. The summed E-state index contributed by atoms with van der Waals surface area (Å²) in [6.45, 7) is 11.4. The third-order valence-corrected chi connectivity index (χ3v) is 2.67. The molecule has 0 aliphatic carbocycles. The van der Waals surface area contributed by atoms with E-state index in [-0.39, 0.29) is 12.0 Å². The van der Waals surface area contributed by atoms with Gasteiger partial charge in [-0.3, -0.25) is 4.79 Å². The lowest BCUT2D eigenvalue weighted by atomic mass is 9.62. The molecule has 0 spiro atoms. The van der Waals surface area contributed by atoms with Gasteiger partial charge in [-0.2, -0.15) is 0 Å². The van der Waals surface area contributed by atoms with Crippen molar-refractivity contribution in [2.75, 3.05) is 6.61 Å². The molecule has 0 aromatic heterocycles. The van der Waals surface area contributed by atoms with Crippen molar-refractivity contribution < 1.29 is 19.4 Å². The van der Waals surface area contributed by atoms with Gasteiger partial charge in [-0.25, -0.2) is 0 Å². The Morgan fingerprint density at radius 2 is 1.89 bits per heavy atom. The zero-order chi connectivity index (χ0) is 15.1. The van der Waals surface area contributed by atoms with Gasteiger partial charge < -0.3 is 14.6 Å².